The maximum atomic E-state index is 13.7. The highest BCUT2D eigenvalue weighted by molar-refractivity contribution is 7.89. The van der Waals surface area contributed by atoms with Gasteiger partial charge in [-0.15, -0.1) is 0 Å². The van der Waals surface area contributed by atoms with E-state index in [1.165, 1.54) is 32.9 Å². The molecule has 4 aromatic carbocycles. The molecular weight excluding hydrogens is 540 g/mol. The van der Waals surface area contributed by atoms with Gasteiger partial charge in [0, 0.05) is 31.2 Å². The fourth-order valence-electron chi connectivity index (χ4n) is 4.04. The molecule has 0 saturated carbocycles. The fourth-order valence-corrected chi connectivity index (χ4v) is 7.02. The predicted octanol–water partition coefficient (Wildman–Crippen LogP) is 5.94. The summed E-state index contributed by atoms with van der Waals surface area (Å²) in [4.78, 5) is 0.0639. The summed E-state index contributed by atoms with van der Waals surface area (Å²) in [5.41, 5.74) is 2.49. The fraction of sp³-hybridized carbons (Fsp3) is 0.172. The largest absolute Gasteiger partial charge is 0.243 e. The molecule has 0 amide bonds. The van der Waals surface area contributed by atoms with Crippen molar-refractivity contribution >= 4 is 31.6 Å². The topological polar surface area (TPSA) is 74.8 Å². The highest BCUT2D eigenvalue weighted by atomic mass is 35.5. The third-order valence-electron chi connectivity index (χ3n) is 6.13. The van der Waals surface area contributed by atoms with Gasteiger partial charge in [-0.1, -0.05) is 91.3 Å². The van der Waals surface area contributed by atoms with E-state index in [1.807, 2.05) is 60.7 Å². The zero-order chi connectivity index (χ0) is 27.2. The van der Waals surface area contributed by atoms with Gasteiger partial charge >= 0.3 is 0 Å². The molecule has 0 spiro atoms. The molecule has 9 heteroatoms. The maximum Gasteiger partial charge on any atom is 0.243 e. The van der Waals surface area contributed by atoms with Gasteiger partial charge in [-0.2, -0.15) is 8.61 Å². The highest BCUT2D eigenvalue weighted by Gasteiger charge is 2.27. The van der Waals surface area contributed by atoms with Crippen LogP contribution < -0.4 is 0 Å². The lowest BCUT2D eigenvalue weighted by Crippen LogP contribution is -2.31. The zero-order valence-corrected chi connectivity index (χ0v) is 23.3. The average Bonchev–Trinajstić information content (AvgIpc) is 2.93. The van der Waals surface area contributed by atoms with Crippen molar-refractivity contribution in [3.05, 3.63) is 131 Å². The van der Waals surface area contributed by atoms with Crippen molar-refractivity contribution in [1.82, 2.24) is 8.61 Å². The molecule has 4 rings (SSSR count). The Morgan fingerprint density at radius 1 is 0.526 bits per heavy atom. The standard InChI is InChI=1S/C29H29ClN2O4S2/c1-2-31(21-24-9-5-3-6-10-24)37(33,34)28-17-19-29(20-18-28)38(35,36)32(22-25-11-7-4-8-12-25)23-26-13-15-27(30)16-14-26/h3-20H,2,21-23H2,1H3. The van der Waals surface area contributed by atoms with Crippen molar-refractivity contribution in [2.24, 2.45) is 0 Å². The number of benzene rings is 4. The lowest BCUT2D eigenvalue weighted by Gasteiger charge is -2.23. The summed E-state index contributed by atoms with van der Waals surface area (Å²) in [5.74, 6) is 0. The van der Waals surface area contributed by atoms with Crippen LogP contribution in [-0.2, 0) is 39.7 Å². The third-order valence-corrected chi connectivity index (χ3v) is 10.1. The van der Waals surface area contributed by atoms with Crippen LogP contribution >= 0.6 is 11.6 Å². The van der Waals surface area contributed by atoms with Gasteiger partial charge < -0.3 is 0 Å². The number of hydrogen-bond acceptors (Lipinski definition) is 4. The molecule has 0 aromatic heterocycles. The van der Waals surface area contributed by atoms with Gasteiger partial charge in [0.05, 0.1) is 9.79 Å². The third kappa shape index (κ3) is 6.70. The first-order valence-corrected chi connectivity index (χ1v) is 15.4. The monoisotopic (exact) mass is 568 g/mol. The van der Waals surface area contributed by atoms with E-state index in [0.29, 0.717) is 5.02 Å². The van der Waals surface area contributed by atoms with Crippen molar-refractivity contribution in [2.75, 3.05) is 6.54 Å². The molecule has 198 valence electrons. The Morgan fingerprint density at radius 3 is 1.32 bits per heavy atom. The van der Waals surface area contributed by atoms with Gasteiger partial charge in [0.15, 0.2) is 0 Å². The van der Waals surface area contributed by atoms with Crippen LogP contribution in [0.15, 0.2) is 119 Å². The van der Waals surface area contributed by atoms with E-state index in [0.717, 1.165) is 16.7 Å². The van der Waals surface area contributed by atoms with E-state index in [2.05, 4.69) is 0 Å². The minimum absolute atomic E-state index is 0.0208. The molecule has 0 N–H and O–H groups in total. The summed E-state index contributed by atoms with van der Waals surface area (Å²) in [6, 6.07) is 31.1. The van der Waals surface area contributed by atoms with Gasteiger partial charge in [-0.3, -0.25) is 0 Å². The minimum atomic E-state index is -3.95. The van der Waals surface area contributed by atoms with Crippen LogP contribution in [0.4, 0.5) is 0 Å². The molecule has 0 bridgehead atoms. The normalized spacial score (nSPS) is 12.2. The second kappa shape index (κ2) is 12.2. The van der Waals surface area contributed by atoms with Crippen molar-refractivity contribution in [2.45, 2.75) is 36.3 Å². The predicted molar refractivity (Wildman–Crippen MR) is 150 cm³/mol. The van der Waals surface area contributed by atoms with E-state index < -0.39 is 20.0 Å². The van der Waals surface area contributed by atoms with Crippen LogP contribution in [0.5, 0.6) is 0 Å². The number of sulfonamides is 2. The molecule has 38 heavy (non-hydrogen) atoms. The van der Waals surface area contributed by atoms with Crippen molar-refractivity contribution in [3.8, 4) is 0 Å². The number of rotatable bonds is 11. The molecule has 0 atom stereocenters. The van der Waals surface area contributed by atoms with Crippen molar-refractivity contribution in [3.63, 3.8) is 0 Å². The Hall–Kier alpha value is -3.01. The highest BCUT2D eigenvalue weighted by Crippen LogP contribution is 2.25. The summed E-state index contributed by atoms with van der Waals surface area (Å²) < 4.78 is 56.9. The summed E-state index contributed by atoms with van der Waals surface area (Å²) in [7, 11) is -7.77. The van der Waals surface area contributed by atoms with Crippen LogP contribution in [0.25, 0.3) is 0 Å². The molecule has 0 aliphatic rings. The molecule has 0 aliphatic carbocycles. The summed E-state index contributed by atoms with van der Waals surface area (Å²) in [6.45, 7) is 2.58. The average molecular weight is 569 g/mol. The van der Waals surface area contributed by atoms with Gasteiger partial charge in [0.2, 0.25) is 20.0 Å². The number of halogens is 1. The number of nitrogens with zero attached hydrogens (tertiary/aromatic N) is 2. The van der Waals surface area contributed by atoms with E-state index >= 15 is 0 Å². The molecule has 0 radical (unpaired) electrons. The molecule has 0 saturated heterocycles. The molecule has 0 aliphatic heterocycles. The van der Waals surface area contributed by atoms with Crippen LogP contribution in [0.2, 0.25) is 5.02 Å². The first-order chi connectivity index (χ1) is 18.2. The quantitative estimate of drug-likeness (QED) is 0.224. The van der Waals surface area contributed by atoms with Crippen LogP contribution in [0, 0.1) is 0 Å². The molecule has 0 unspecified atom stereocenters. The van der Waals surface area contributed by atoms with E-state index in [-0.39, 0.29) is 36.0 Å². The Labute approximate surface area is 230 Å². The molecule has 6 nitrogen and oxygen atoms in total. The van der Waals surface area contributed by atoms with Gasteiger partial charge in [-0.05, 0) is 53.1 Å². The van der Waals surface area contributed by atoms with E-state index in [1.54, 1.807) is 31.2 Å². The Bertz CT molecular complexity index is 1540. The second-order valence-corrected chi connectivity index (χ2v) is 13.1. The Balaban J connectivity index is 1.62. The first kappa shape index (κ1) is 28.0. The van der Waals surface area contributed by atoms with Crippen molar-refractivity contribution in [1.29, 1.82) is 0 Å². The summed E-state index contributed by atoms with van der Waals surface area (Å²) in [5, 5.41) is 0.566. The van der Waals surface area contributed by atoms with Gasteiger partial charge in [0.1, 0.15) is 0 Å². The lowest BCUT2D eigenvalue weighted by molar-refractivity contribution is 0.401. The summed E-state index contributed by atoms with van der Waals surface area (Å²) >= 11 is 6.01. The van der Waals surface area contributed by atoms with Crippen LogP contribution in [0.3, 0.4) is 0 Å². The smallest absolute Gasteiger partial charge is 0.207 e. The zero-order valence-electron chi connectivity index (χ0n) is 20.9. The Morgan fingerprint density at radius 2 is 0.895 bits per heavy atom. The van der Waals surface area contributed by atoms with Crippen LogP contribution in [-0.4, -0.2) is 32.0 Å². The summed E-state index contributed by atoms with van der Waals surface area (Å²) in [6.07, 6.45) is 0. The van der Waals surface area contributed by atoms with E-state index in [4.69, 9.17) is 11.6 Å². The SMILES string of the molecule is CCN(Cc1ccccc1)S(=O)(=O)c1ccc(S(=O)(=O)N(Cc2ccccc2)Cc2ccc(Cl)cc2)cc1. The molecule has 0 heterocycles. The molecule has 0 fully saturated rings. The number of hydrogen-bond donors (Lipinski definition) is 0. The molecular formula is C29H29ClN2O4S2. The van der Waals surface area contributed by atoms with Gasteiger partial charge in [-0.25, -0.2) is 16.8 Å². The lowest BCUT2D eigenvalue weighted by atomic mass is 10.2. The van der Waals surface area contributed by atoms with Crippen molar-refractivity contribution < 1.29 is 16.8 Å². The van der Waals surface area contributed by atoms with Crippen LogP contribution in [0.1, 0.15) is 23.6 Å². The molecule has 4 aromatic rings. The first-order valence-electron chi connectivity index (χ1n) is 12.1. The van der Waals surface area contributed by atoms with Gasteiger partial charge in [0.25, 0.3) is 0 Å². The maximum absolute atomic E-state index is 13.7. The van der Waals surface area contributed by atoms with E-state index in [9.17, 15) is 16.8 Å². The Kier molecular flexibility index (Phi) is 9.02. The second-order valence-electron chi connectivity index (χ2n) is 8.77. The minimum Gasteiger partial charge on any atom is -0.207 e.